The Morgan fingerprint density at radius 1 is 1.28 bits per heavy atom. The van der Waals surface area contributed by atoms with E-state index in [1.807, 2.05) is 0 Å². The van der Waals surface area contributed by atoms with Crippen molar-refractivity contribution >= 4 is 0 Å². The fourth-order valence-corrected chi connectivity index (χ4v) is 2.38. The van der Waals surface area contributed by atoms with Gasteiger partial charge < -0.3 is 10.5 Å². The van der Waals surface area contributed by atoms with Crippen LogP contribution < -0.4 is 5.73 Å². The maximum atomic E-state index is 5.94. The summed E-state index contributed by atoms with van der Waals surface area (Å²) in [5.74, 6) is 0.579. The molecule has 18 heavy (non-hydrogen) atoms. The number of ether oxygens (including phenoxy) is 1. The largest absolute Gasteiger partial charge is 0.383 e. The van der Waals surface area contributed by atoms with Gasteiger partial charge in [0.25, 0.3) is 0 Å². The summed E-state index contributed by atoms with van der Waals surface area (Å²) < 4.78 is 5.21. The Balaban J connectivity index is 4.41. The molecule has 3 nitrogen and oxygen atoms in total. The number of rotatable bonds is 9. The summed E-state index contributed by atoms with van der Waals surface area (Å²) in [7, 11) is 1.77. The van der Waals surface area contributed by atoms with Gasteiger partial charge in [-0.3, -0.25) is 4.90 Å². The van der Waals surface area contributed by atoms with Gasteiger partial charge in [0.05, 0.1) is 6.61 Å². The molecule has 0 aromatic heterocycles. The van der Waals surface area contributed by atoms with Gasteiger partial charge in [-0.05, 0) is 37.6 Å². The van der Waals surface area contributed by atoms with Gasteiger partial charge in [0.15, 0.2) is 0 Å². The molecule has 2 unspecified atom stereocenters. The van der Waals surface area contributed by atoms with Crippen molar-refractivity contribution in [3.05, 3.63) is 0 Å². The van der Waals surface area contributed by atoms with Crippen molar-refractivity contribution in [2.45, 2.75) is 53.5 Å². The van der Waals surface area contributed by atoms with E-state index in [1.54, 1.807) is 7.11 Å². The zero-order chi connectivity index (χ0) is 14.2. The minimum absolute atomic E-state index is 0.354. The molecule has 0 amide bonds. The Hall–Kier alpha value is -0.120. The van der Waals surface area contributed by atoms with Gasteiger partial charge in [-0.1, -0.05) is 27.7 Å². The minimum atomic E-state index is 0.354. The molecule has 0 aliphatic heterocycles. The van der Waals surface area contributed by atoms with E-state index in [2.05, 4.69) is 39.5 Å². The highest BCUT2D eigenvalue weighted by Crippen LogP contribution is 2.25. The molecule has 3 heteroatoms. The molecule has 0 rings (SSSR count). The molecule has 0 bridgehead atoms. The Labute approximate surface area is 114 Å². The van der Waals surface area contributed by atoms with Crippen LogP contribution in [0, 0.1) is 11.3 Å². The number of hydrogen-bond donors (Lipinski definition) is 1. The molecule has 0 heterocycles. The number of nitrogens with zero attached hydrogens (tertiary/aromatic N) is 1. The average molecular weight is 258 g/mol. The molecule has 110 valence electrons. The van der Waals surface area contributed by atoms with Gasteiger partial charge in [-0.25, -0.2) is 0 Å². The number of methoxy groups -OCH3 is 1. The molecule has 2 atom stereocenters. The van der Waals surface area contributed by atoms with Crippen LogP contribution in [0.4, 0.5) is 0 Å². The van der Waals surface area contributed by atoms with Crippen LogP contribution in [0.2, 0.25) is 0 Å². The lowest BCUT2D eigenvalue weighted by molar-refractivity contribution is 0.102. The van der Waals surface area contributed by atoms with Crippen LogP contribution in [-0.2, 0) is 4.74 Å². The van der Waals surface area contributed by atoms with E-state index in [-0.39, 0.29) is 0 Å². The first-order valence-corrected chi connectivity index (χ1v) is 7.27. The zero-order valence-electron chi connectivity index (χ0n) is 13.3. The van der Waals surface area contributed by atoms with Gasteiger partial charge in [0.1, 0.15) is 0 Å². The minimum Gasteiger partial charge on any atom is -0.383 e. The van der Waals surface area contributed by atoms with E-state index < -0.39 is 0 Å². The third-order valence-corrected chi connectivity index (χ3v) is 3.52. The topological polar surface area (TPSA) is 38.5 Å². The lowest BCUT2D eigenvalue weighted by atomic mass is 9.84. The summed E-state index contributed by atoms with van der Waals surface area (Å²) in [4.78, 5) is 2.52. The second kappa shape index (κ2) is 8.89. The third kappa shape index (κ3) is 8.06. The Morgan fingerprint density at radius 2 is 1.89 bits per heavy atom. The predicted octanol–water partition coefficient (Wildman–Crippen LogP) is 2.74. The normalized spacial score (nSPS) is 16.0. The summed E-state index contributed by atoms with van der Waals surface area (Å²) in [6.07, 6.45) is 2.36. The van der Waals surface area contributed by atoms with Crippen LogP contribution in [0.1, 0.15) is 47.5 Å². The van der Waals surface area contributed by atoms with Crippen molar-refractivity contribution < 1.29 is 4.74 Å². The summed E-state index contributed by atoms with van der Waals surface area (Å²) in [6.45, 7) is 15.1. The van der Waals surface area contributed by atoms with Crippen LogP contribution in [0.5, 0.6) is 0 Å². The highest BCUT2D eigenvalue weighted by Gasteiger charge is 2.22. The fourth-order valence-electron chi connectivity index (χ4n) is 2.38. The van der Waals surface area contributed by atoms with Crippen molar-refractivity contribution in [1.82, 2.24) is 4.90 Å². The van der Waals surface area contributed by atoms with Gasteiger partial charge in [-0.15, -0.1) is 0 Å². The van der Waals surface area contributed by atoms with Crippen LogP contribution in [0.25, 0.3) is 0 Å². The molecule has 0 aromatic carbocycles. The third-order valence-electron chi connectivity index (χ3n) is 3.52. The van der Waals surface area contributed by atoms with Gasteiger partial charge >= 0.3 is 0 Å². The molecule has 0 radical (unpaired) electrons. The molecule has 0 aliphatic rings. The van der Waals surface area contributed by atoms with Gasteiger partial charge in [-0.2, -0.15) is 0 Å². The fraction of sp³-hybridized carbons (Fsp3) is 1.00. The Kier molecular flexibility index (Phi) is 8.83. The second-order valence-electron chi connectivity index (χ2n) is 6.61. The van der Waals surface area contributed by atoms with Crippen LogP contribution in [-0.4, -0.2) is 44.3 Å². The van der Waals surface area contributed by atoms with Gasteiger partial charge in [0.2, 0.25) is 0 Å². The molecular weight excluding hydrogens is 224 g/mol. The maximum absolute atomic E-state index is 5.94. The predicted molar refractivity (Wildman–Crippen MR) is 79.8 cm³/mol. The van der Waals surface area contributed by atoms with Crippen LogP contribution >= 0.6 is 0 Å². The Morgan fingerprint density at radius 3 is 2.28 bits per heavy atom. The number of hydrogen-bond acceptors (Lipinski definition) is 3. The summed E-state index contributed by atoms with van der Waals surface area (Å²) in [5, 5.41) is 0. The van der Waals surface area contributed by atoms with E-state index in [1.165, 1.54) is 12.8 Å². The molecule has 0 spiro atoms. The van der Waals surface area contributed by atoms with Gasteiger partial charge in [0, 0.05) is 26.2 Å². The average Bonchev–Trinajstić information content (AvgIpc) is 2.30. The SMILES string of the molecule is CCC(C)N(CCOC)CC(CN)CC(C)(C)C. The standard InChI is InChI=1S/C15H34N2O/c1-7-13(2)17(8-9-18-6)12-14(11-16)10-15(3,4)5/h13-14H,7-12,16H2,1-6H3. The zero-order valence-corrected chi connectivity index (χ0v) is 13.3. The quantitative estimate of drug-likeness (QED) is 0.691. The highest BCUT2D eigenvalue weighted by atomic mass is 16.5. The van der Waals surface area contributed by atoms with Crippen molar-refractivity contribution in [3.8, 4) is 0 Å². The monoisotopic (exact) mass is 258 g/mol. The maximum Gasteiger partial charge on any atom is 0.0589 e. The molecule has 0 saturated carbocycles. The van der Waals surface area contributed by atoms with Crippen molar-refractivity contribution in [3.63, 3.8) is 0 Å². The summed E-state index contributed by atoms with van der Waals surface area (Å²) in [6, 6.07) is 0.606. The second-order valence-corrected chi connectivity index (χ2v) is 6.61. The molecule has 0 aromatic rings. The van der Waals surface area contributed by atoms with E-state index in [9.17, 15) is 0 Å². The number of nitrogens with two attached hydrogens (primary N) is 1. The van der Waals surface area contributed by atoms with Crippen molar-refractivity contribution in [2.75, 3.05) is 33.4 Å². The molecule has 0 saturated heterocycles. The van der Waals surface area contributed by atoms with E-state index in [0.717, 1.165) is 26.2 Å². The highest BCUT2D eigenvalue weighted by molar-refractivity contribution is 4.76. The first kappa shape index (κ1) is 17.9. The van der Waals surface area contributed by atoms with Crippen molar-refractivity contribution in [1.29, 1.82) is 0 Å². The van der Waals surface area contributed by atoms with Crippen LogP contribution in [0.15, 0.2) is 0 Å². The lowest BCUT2D eigenvalue weighted by Gasteiger charge is -2.34. The van der Waals surface area contributed by atoms with E-state index in [4.69, 9.17) is 10.5 Å². The van der Waals surface area contributed by atoms with Crippen molar-refractivity contribution in [2.24, 2.45) is 17.1 Å². The Bertz CT molecular complexity index is 201. The van der Waals surface area contributed by atoms with E-state index in [0.29, 0.717) is 17.4 Å². The first-order valence-electron chi connectivity index (χ1n) is 7.27. The first-order chi connectivity index (χ1) is 8.34. The van der Waals surface area contributed by atoms with E-state index >= 15 is 0 Å². The summed E-state index contributed by atoms with van der Waals surface area (Å²) >= 11 is 0. The molecular formula is C15H34N2O. The summed E-state index contributed by atoms with van der Waals surface area (Å²) in [5.41, 5.74) is 6.29. The molecule has 0 aliphatic carbocycles. The molecule has 2 N–H and O–H groups in total. The molecule has 0 fully saturated rings. The lowest BCUT2D eigenvalue weighted by Crippen LogP contribution is -2.41. The smallest absolute Gasteiger partial charge is 0.0589 e. The van der Waals surface area contributed by atoms with Crippen LogP contribution in [0.3, 0.4) is 0 Å².